The molecule has 0 radical (unpaired) electrons. The van der Waals surface area contributed by atoms with Crippen LogP contribution in [0.4, 0.5) is 5.69 Å². The normalized spacial score (nSPS) is 13.9. The summed E-state index contributed by atoms with van der Waals surface area (Å²) in [7, 11) is 0. The first-order chi connectivity index (χ1) is 17.4. The lowest BCUT2D eigenvalue weighted by molar-refractivity contribution is -0.145. The van der Waals surface area contributed by atoms with Crippen molar-refractivity contribution in [2.75, 3.05) is 25.0 Å². The van der Waals surface area contributed by atoms with Crippen LogP contribution in [0.25, 0.3) is 11.1 Å². The standard InChI is InChI=1S/C27H28ClN3O4S/c1-2-35-25(33)12-11-24(32)31-15-13-19(14-16-31)27-30-23(17-36-27)26(34)29-22-6-4-3-5-21(22)18-7-9-20(28)10-8-18/h3-10,17,19H,2,11-16H2,1H3,(H,29,34). The van der Waals surface area contributed by atoms with Crippen molar-refractivity contribution >= 4 is 46.4 Å². The molecule has 0 spiro atoms. The Kier molecular flexibility index (Phi) is 8.72. The Bertz CT molecular complexity index is 1220. The number of amides is 2. The average Bonchev–Trinajstić information content (AvgIpc) is 3.39. The van der Waals surface area contributed by atoms with E-state index in [0.29, 0.717) is 36.1 Å². The number of para-hydroxylation sites is 1. The number of esters is 1. The number of carbonyl (C=O) groups is 3. The largest absolute Gasteiger partial charge is 0.466 e. The number of likely N-dealkylation sites (tertiary alicyclic amines) is 1. The van der Waals surface area contributed by atoms with Gasteiger partial charge in [0, 0.05) is 47.1 Å². The minimum atomic E-state index is -0.342. The number of carbonyl (C=O) groups excluding carboxylic acids is 3. The smallest absolute Gasteiger partial charge is 0.306 e. The van der Waals surface area contributed by atoms with Gasteiger partial charge in [0.15, 0.2) is 0 Å². The second-order valence-electron chi connectivity index (χ2n) is 8.54. The highest BCUT2D eigenvalue weighted by atomic mass is 35.5. The number of nitrogens with one attached hydrogen (secondary N) is 1. The number of piperidine rings is 1. The van der Waals surface area contributed by atoms with Gasteiger partial charge in [-0.3, -0.25) is 14.4 Å². The molecule has 0 saturated carbocycles. The molecular formula is C27H28ClN3O4S. The van der Waals surface area contributed by atoms with Gasteiger partial charge in [0.2, 0.25) is 5.91 Å². The number of nitrogens with zero attached hydrogens (tertiary/aromatic N) is 2. The Hall–Kier alpha value is -3.23. The number of thiazole rings is 1. The Morgan fingerprint density at radius 1 is 1.08 bits per heavy atom. The molecule has 0 atom stereocenters. The number of halogens is 1. The van der Waals surface area contributed by atoms with Gasteiger partial charge in [-0.2, -0.15) is 0 Å². The summed E-state index contributed by atoms with van der Waals surface area (Å²) in [6.07, 6.45) is 1.83. The zero-order valence-corrected chi connectivity index (χ0v) is 21.6. The molecule has 2 amide bonds. The highest BCUT2D eigenvalue weighted by molar-refractivity contribution is 7.10. The van der Waals surface area contributed by atoms with Crippen LogP contribution >= 0.6 is 22.9 Å². The molecular weight excluding hydrogens is 498 g/mol. The van der Waals surface area contributed by atoms with Gasteiger partial charge >= 0.3 is 5.97 Å². The Labute approximate surface area is 219 Å². The van der Waals surface area contributed by atoms with E-state index in [1.165, 1.54) is 11.3 Å². The lowest BCUT2D eigenvalue weighted by atomic mass is 9.97. The van der Waals surface area contributed by atoms with Crippen LogP contribution in [0.3, 0.4) is 0 Å². The lowest BCUT2D eigenvalue weighted by Crippen LogP contribution is -2.38. The third-order valence-corrected chi connectivity index (χ3v) is 7.39. The molecule has 1 aliphatic rings. The first-order valence-corrected chi connectivity index (χ1v) is 13.3. The maximum Gasteiger partial charge on any atom is 0.306 e. The second kappa shape index (κ2) is 12.1. The third kappa shape index (κ3) is 6.50. The van der Waals surface area contributed by atoms with E-state index in [4.69, 9.17) is 16.3 Å². The maximum atomic E-state index is 13.0. The Balaban J connectivity index is 1.34. The van der Waals surface area contributed by atoms with Gasteiger partial charge in [0.05, 0.1) is 18.0 Å². The SMILES string of the molecule is CCOC(=O)CCC(=O)N1CCC(c2nc(C(=O)Nc3ccccc3-c3ccc(Cl)cc3)cs2)CC1. The van der Waals surface area contributed by atoms with Gasteiger partial charge in [0.1, 0.15) is 5.69 Å². The number of rotatable bonds is 8. The van der Waals surface area contributed by atoms with Gasteiger partial charge < -0.3 is 15.0 Å². The van der Waals surface area contributed by atoms with Crippen LogP contribution in [0, 0.1) is 0 Å². The monoisotopic (exact) mass is 525 g/mol. The maximum absolute atomic E-state index is 13.0. The summed E-state index contributed by atoms with van der Waals surface area (Å²) in [6, 6.07) is 15.1. The van der Waals surface area contributed by atoms with E-state index in [0.717, 1.165) is 29.0 Å². The summed E-state index contributed by atoms with van der Waals surface area (Å²) >= 11 is 7.49. The topological polar surface area (TPSA) is 88.6 Å². The molecule has 7 nitrogen and oxygen atoms in total. The second-order valence-corrected chi connectivity index (χ2v) is 9.86. The molecule has 36 heavy (non-hydrogen) atoms. The quantitative estimate of drug-likeness (QED) is 0.377. The fourth-order valence-electron chi connectivity index (χ4n) is 4.22. The molecule has 1 N–H and O–H groups in total. The van der Waals surface area contributed by atoms with E-state index in [2.05, 4.69) is 10.3 Å². The van der Waals surface area contributed by atoms with Crippen molar-refractivity contribution in [3.63, 3.8) is 0 Å². The average molecular weight is 526 g/mol. The molecule has 2 aromatic carbocycles. The summed E-state index contributed by atoms with van der Waals surface area (Å²) < 4.78 is 4.89. The Morgan fingerprint density at radius 3 is 2.53 bits per heavy atom. The fraction of sp³-hybridized carbons (Fsp3) is 0.333. The van der Waals surface area contributed by atoms with E-state index in [1.54, 1.807) is 17.2 Å². The molecule has 0 bridgehead atoms. The number of aromatic nitrogens is 1. The van der Waals surface area contributed by atoms with Crippen LogP contribution in [-0.4, -0.2) is 47.4 Å². The first kappa shape index (κ1) is 25.9. The number of anilines is 1. The first-order valence-electron chi connectivity index (χ1n) is 12.0. The Morgan fingerprint density at radius 2 is 1.81 bits per heavy atom. The van der Waals surface area contributed by atoms with Crippen LogP contribution in [-0.2, 0) is 14.3 Å². The van der Waals surface area contributed by atoms with Gasteiger partial charge in [-0.25, -0.2) is 4.98 Å². The van der Waals surface area contributed by atoms with Crippen molar-refractivity contribution in [3.8, 4) is 11.1 Å². The molecule has 188 valence electrons. The minimum Gasteiger partial charge on any atom is -0.466 e. The number of ether oxygens (including phenoxy) is 1. The van der Waals surface area contributed by atoms with E-state index in [-0.39, 0.29) is 36.5 Å². The molecule has 4 rings (SSSR count). The van der Waals surface area contributed by atoms with Crippen molar-refractivity contribution in [3.05, 3.63) is 69.6 Å². The van der Waals surface area contributed by atoms with Crippen LogP contribution < -0.4 is 5.32 Å². The zero-order chi connectivity index (χ0) is 25.5. The van der Waals surface area contributed by atoms with Crippen LogP contribution in [0.15, 0.2) is 53.9 Å². The van der Waals surface area contributed by atoms with Gasteiger partial charge in [-0.05, 0) is 43.5 Å². The molecule has 0 aliphatic carbocycles. The van der Waals surface area contributed by atoms with Gasteiger partial charge in [-0.1, -0.05) is 41.9 Å². The molecule has 1 saturated heterocycles. The van der Waals surface area contributed by atoms with Crippen LogP contribution in [0.1, 0.15) is 54.0 Å². The third-order valence-electron chi connectivity index (χ3n) is 6.13. The predicted octanol–water partition coefficient (Wildman–Crippen LogP) is 5.77. The predicted molar refractivity (Wildman–Crippen MR) is 141 cm³/mol. The zero-order valence-electron chi connectivity index (χ0n) is 20.0. The van der Waals surface area contributed by atoms with Crippen molar-refractivity contribution in [2.45, 2.75) is 38.5 Å². The van der Waals surface area contributed by atoms with Gasteiger partial charge in [-0.15, -0.1) is 11.3 Å². The number of hydrogen-bond acceptors (Lipinski definition) is 6. The molecule has 1 aliphatic heterocycles. The van der Waals surface area contributed by atoms with E-state index in [1.807, 2.05) is 48.5 Å². The fourth-order valence-corrected chi connectivity index (χ4v) is 5.31. The van der Waals surface area contributed by atoms with Crippen molar-refractivity contribution in [2.24, 2.45) is 0 Å². The summed E-state index contributed by atoms with van der Waals surface area (Å²) in [5.74, 6) is -0.428. The summed E-state index contributed by atoms with van der Waals surface area (Å²) in [5.41, 5.74) is 2.94. The van der Waals surface area contributed by atoms with Crippen LogP contribution in [0.2, 0.25) is 5.02 Å². The van der Waals surface area contributed by atoms with E-state index < -0.39 is 0 Å². The van der Waals surface area contributed by atoms with E-state index in [9.17, 15) is 14.4 Å². The lowest BCUT2D eigenvalue weighted by Gasteiger charge is -2.31. The summed E-state index contributed by atoms with van der Waals surface area (Å²) in [6.45, 7) is 3.30. The van der Waals surface area contributed by atoms with Crippen molar-refractivity contribution in [1.29, 1.82) is 0 Å². The summed E-state index contributed by atoms with van der Waals surface area (Å²) in [5, 5.41) is 6.34. The molecule has 2 heterocycles. The molecule has 3 aromatic rings. The van der Waals surface area contributed by atoms with Crippen molar-refractivity contribution in [1.82, 2.24) is 9.88 Å². The molecule has 0 unspecified atom stereocenters. The highest BCUT2D eigenvalue weighted by Crippen LogP contribution is 2.32. The van der Waals surface area contributed by atoms with Gasteiger partial charge in [0.25, 0.3) is 5.91 Å². The molecule has 1 aromatic heterocycles. The minimum absolute atomic E-state index is 0.0277. The number of hydrogen-bond donors (Lipinski definition) is 1. The summed E-state index contributed by atoms with van der Waals surface area (Å²) in [4.78, 5) is 43.3. The molecule has 1 fully saturated rings. The van der Waals surface area contributed by atoms with E-state index >= 15 is 0 Å². The molecule has 9 heteroatoms. The highest BCUT2D eigenvalue weighted by Gasteiger charge is 2.26. The number of benzene rings is 2. The van der Waals surface area contributed by atoms with Crippen molar-refractivity contribution < 1.29 is 19.1 Å². The van der Waals surface area contributed by atoms with Crippen LogP contribution in [0.5, 0.6) is 0 Å².